The van der Waals surface area contributed by atoms with E-state index >= 15 is 0 Å². The second-order valence-electron chi connectivity index (χ2n) is 6.33. The molecule has 20 heavy (non-hydrogen) atoms. The molecule has 2 aliphatic rings. The van der Waals surface area contributed by atoms with Crippen molar-refractivity contribution in [3.63, 3.8) is 0 Å². The van der Waals surface area contributed by atoms with E-state index in [1.807, 2.05) is 12.1 Å². The molecule has 1 heterocycles. The van der Waals surface area contributed by atoms with Gasteiger partial charge in [-0.3, -0.25) is 4.79 Å². The van der Waals surface area contributed by atoms with Crippen LogP contribution < -0.4 is 10.6 Å². The van der Waals surface area contributed by atoms with Gasteiger partial charge in [-0.1, -0.05) is 25.8 Å². The van der Waals surface area contributed by atoms with Gasteiger partial charge in [0.15, 0.2) is 0 Å². The Hall–Kier alpha value is -1.35. The molecule has 1 aliphatic heterocycles. The third-order valence-corrected chi connectivity index (χ3v) is 5.14. The predicted octanol–water partition coefficient (Wildman–Crippen LogP) is 2.99. The zero-order valence-corrected chi connectivity index (χ0v) is 12.3. The van der Waals surface area contributed by atoms with Crippen molar-refractivity contribution < 1.29 is 4.79 Å². The largest absolute Gasteiger partial charge is 0.351 e. The van der Waals surface area contributed by atoms with Gasteiger partial charge < -0.3 is 10.6 Å². The molecule has 0 aromatic heterocycles. The van der Waals surface area contributed by atoms with E-state index in [0.717, 1.165) is 25.2 Å². The summed E-state index contributed by atoms with van der Waals surface area (Å²) in [5.41, 5.74) is 3.75. The maximum atomic E-state index is 12.3. The topological polar surface area (TPSA) is 41.1 Å². The monoisotopic (exact) mass is 272 g/mol. The molecule has 3 heteroatoms. The Morgan fingerprint density at radius 3 is 2.75 bits per heavy atom. The highest BCUT2D eigenvalue weighted by Gasteiger charge is 2.32. The summed E-state index contributed by atoms with van der Waals surface area (Å²) in [6, 6.07) is 6.07. The van der Waals surface area contributed by atoms with Crippen molar-refractivity contribution in [2.24, 2.45) is 5.41 Å². The lowest BCUT2D eigenvalue weighted by Gasteiger charge is -2.27. The maximum absolute atomic E-state index is 12.3. The molecule has 3 rings (SSSR count). The van der Waals surface area contributed by atoms with Crippen LogP contribution in [0.5, 0.6) is 0 Å². The molecular formula is C17H24N2O. The van der Waals surface area contributed by atoms with Crippen molar-refractivity contribution >= 4 is 5.91 Å². The Balaban J connectivity index is 1.64. The van der Waals surface area contributed by atoms with Gasteiger partial charge in [-0.25, -0.2) is 0 Å². The summed E-state index contributed by atoms with van der Waals surface area (Å²) in [4.78, 5) is 12.3. The second kappa shape index (κ2) is 5.57. The van der Waals surface area contributed by atoms with E-state index in [1.54, 1.807) is 0 Å². The van der Waals surface area contributed by atoms with E-state index in [9.17, 15) is 4.79 Å². The first-order valence-electron chi connectivity index (χ1n) is 7.83. The molecule has 0 spiro atoms. The van der Waals surface area contributed by atoms with E-state index in [4.69, 9.17) is 0 Å². The fourth-order valence-electron chi connectivity index (χ4n) is 3.59. The zero-order chi connectivity index (χ0) is 14.0. The van der Waals surface area contributed by atoms with Crippen molar-refractivity contribution in [2.75, 3.05) is 6.54 Å². The highest BCUT2D eigenvalue weighted by Crippen LogP contribution is 2.40. The van der Waals surface area contributed by atoms with E-state index in [1.165, 1.54) is 43.2 Å². The molecule has 108 valence electrons. The number of amides is 1. The van der Waals surface area contributed by atoms with Gasteiger partial charge in [-0.2, -0.15) is 0 Å². The summed E-state index contributed by atoms with van der Waals surface area (Å²) >= 11 is 0. The Morgan fingerprint density at radius 2 is 2.00 bits per heavy atom. The summed E-state index contributed by atoms with van der Waals surface area (Å²) in [6.45, 7) is 4.89. The minimum Gasteiger partial charge on any atom is -0.351 e. The lowest BCUT2D eigenvalue weighted by Crippen LogP contribution is -2.35. The van der Waals surface area contributed by atoms with Crippen molar-refractivity contribution in [1.82, 2.24) is 10.6 Å². The molecule has 1 aromatic carbocycles. The van der Waals surface area contributed by atoms with Crippen LogP contribution >= 0.6 is 0 Å². The first-order valence-corrected chi connectivity index (χ1v) is 7.83. The molecular weight excluding hydrogens is 248 g/mol. The SMILES string of the molecule is CCC1(CNC(=O)c2ccc3c(c2)CNC3)CCCC1. The molecule has 1 saturated carbocycles. The zero-order valence-electron chi connectivity index (χ0n) is 12.3. The molecule has 2 N–H and O–H groups in total. The lowest BCUT2D eigenvalue weighted by molar-refractivity contribution is 0.0928. The van der Waals surface area contributed by atoms with Gasteiger partial charge in [-0.15, -0.1) is 0 Å². The molecule has 0 saturated heterocycles. The number of benzene rings is 1. The molecule has 0 atom stereocenters. The molecule has 3 nitrogen and oxygen atoms in total. The summed E-state index contributed by atoms with van der Waals surface area (Å²) in [7, 11) is 0. The number of fused-ring (bicyclic) bond motifs is 1. The van der Waals surface area contributed by atoms with Crippen molar-refractivity contribution in [2.45, 2.75) is 52.1 Å². The van der Waals surface area contributed by atoms with Gasteiger partial charge in [0.1, 0.15) is 0 Å². The van der Waals surface area contributed by atoms with E-state index in [-0.39, 0.29) is 5.91 Å². The lowest BCUT2D eigenvalue weighted by atomic mass is 9.83. The minimum atomic E-state index is 0.0828. The summed E-state index contributed by atoms with van der Waals surface area (Å²) < 4.78 is 0. The first kappa shape index (κ1) is 13.6. The normalized spacial score (nSPS) is 19.9. The fourth-order valence-corrected chi connectivity index (χ4v) is 3.59. The van der Waals surface area contributed by atoms with Crippen LogP contribution in [-0.4, -0.2) is 12.5 Å². The number of carbonyl (C=O) groups excluding carboxylic acids is 1. The molecule has 1 aliphatic carbocycles. The molecule has 0 unspecified atom stereocenters. The van der Waals surface area contributed by atoms with Crippen LogP contribution in [-0.2, 0) is 13.1 Å². The average molecular weight is 272 g/mol. The van der Waals surface area contributed by atoms with Crippen LogP contribution in [0, 0.1) is 5.41 Å². The fraction of sp³-hybridized carbons (Fsp3) is 0.588. The van der Waals surface area contributed by atoms with E-state index in [2.05, 4.69) is 23.6 Å². The van der Waals surface area contributed by atoms with Crippen LogP contribution in [0.25, 0.3) is 0 Å². The van der Waals surface area contributed by atoms with Crippen molar-refractivity contribution in [3.8, 4) is 0 Å². The Bertz CT molecular complexity index is 504. The van der Waals surface area contributed by atoms with Gasteiger partial charge in [0.05, 0.1) is 0 Å². The standard InChI is InChI=1S/C17H24N2O/c1-2-17(7-3-4-8-17)12-19-16(20)13-5-6-14-10-18-11-15(14)9-13/h5-6,9,18H,2-4,7-8,10-12H2,1H3,(H,19,20). The smallest absolute Gasteiger partial charge is 0.251 e. The maximum Gasteiger partial charge on any atom is 0.251 e. The molecule has 1 aromatic rings. The Labute approximate surface area is 121 Å². The van der Waals surface area contributed by atoms with Crippen LogP contribution in [0.4, 0.5) is 0 Å². The van der Waals surface area contributed by atoms with Gasteiger partial charge in [-0.05, 0) is 47.9 Å². The first-order chi connectivity index (χ1) is 9.72. The highest BCUT2D eigenvalue weighted by atomic mass is 16.1. The molecule has 1 amide bonds. The number of carbonyl (C=O) groups is 1. The van der Waals surface area contributed by atoms with Crippen LogP contribution in [0.1, 0.15) is 60.5 Å². The number of hydrogen-bond acceptors (Lipinski definition) is 2. The molecule has 0 bridgehead atoms. The number of hydrogen-bond donors (Lipinski definition) is 2. The van der Waals surface area contributed by atoms with Gasteiger partial charge in [0.2, 0.25) is 0 Å². The average Bonchev–Trinajstić information content (AvgIpc) is 3.13. The third-order valence-electron chi connectivity index (χ3n) is 5.14. The Kier molecular flexibility index (Phi) is 3.79. The van der Waals surface area contributed by atoms with Crippen molar-refractivity contribution in [1.29, 1.82) is 0 Å². The van der Waals surface area contributed by atoms with Crippen LogP contribution in [0.15, 0.2) is 18.2 Å². The minimum absolute atomic E-state index is 0.0828. The molecule has 0 radical (unpaired) electrons. The summed E-state index contributed by atoms with van der Waals surface area (Å²) in [5.74, 6) is 0.0828. The van der Waals surface area contributed by atoms with Crippen LogP contribution in [0.3, 0.4) is 0 Å². The van der Waals surface area contributed by atoms with E-state index < -0.39 is 0 Å². The number of rotatable bonds is 4. The predicted molar refractivity (Wildman–Crippen MR) is 80.5 cm³/mol. The quantitative estimate of drug-likeness (QED) is 0.884. The van der Waals surface area contributed by atoms with Gasteiger partial charge in [0, 0.05) is 25.2 Å². The van der Waals surface area contributed by atoms with Gasteiger partial charge in [0.25, 0.3) is 5.91 Å². The van der Waals surface area contributed by atoms with E-state index in [0.29, 0.717) is 5.41 Å². The van der Waals surface area contributed by atoms with Crippen molar-refractivity contribution in [3.05, 3.63) is 34.9 Å². The Morgan fingerprint density at radius 1 is 1.25 bits per heavy atom. The second-order valence-corrected chi connectivity index (χ2v) is 6.33. The molecule has 1 fully saturated rings. The van der Waals surface area contributed by atoms with Crippen LogP contribution in [0.2, 0.25) is 0 Å². The highest BCUT2D eigenvalue weighted by molar-refractivity contribution is 5.94. The summed E-state index contributed by atoms with van der Waals surface area (Å²) in [6.07, 6.45) is 6.32. The number of nitrogens with one attached hydrogen (secondary N) is 2. The van der Waals surface area contributed by atoms with Gasteiger partial charge >= 0.3 is 0 Å². The summed E-state index contributed by atoms with van der Waals surface area (Å²) in [5, 5.41) is 6.48. The third kappa shape index (κ3) is 2.59.